The number of rotatable bonds is 3. The van der Waals surface area contributed by atoms with Crippen LogP contribution in [-0.2, 0) is 0 Å². The van der Waals surface area contributed by atoms with Crippen molar-refractivity contribution in [2.45, 2.75) is 19.4 Å². The van der Waals surface area contributed by atoms with E-state index in [1.165, 1.54) is 4.90 Å². The van der Waals surface area contributed by atoms with Gasteiger partial charge < -0.3 is 4.52 Å². The predicted molar refractivity (Wildman–Crippen MR) is 73.7 cm³/mol. The molecule has 0 radical (unpaired) electrons. The molecule has 1 aliphatic rings. The lowest BCUT2D eigenvalue weighted by Crippen LogP contribution is -2.32. The lowest BCUT2D eigenvalue weighted by atomic mass is 10.1. The van der Waals surface area contributed by atoms with Gasteiger partial charge in [0.15, 0.2) is 17.9 Å². The van der Waals surface area contributed by atoms with Crippen molar-refractivity contribution in [3.8, 4) is 0 Å². The molecule has 3 rings (SSSR count). The van der Waals surface area contributed by atoms with Crippen LogP contribution in [-0.4, -0.2) is 28.5 Å². The van der Waals surface area contributed by atoms with Crippen molar-refractivity contribution in [3.63, 3.8) is 0 Å². The van der Waals surface area contributed by atoms with E-state index in [9.17, 15) is 18.4 Å². The quantitative estimate of drug-likeness (QED) is 0.813. The van der Waals surface area contributed by atoms with E-state index in [1.54, 1.807) is 0 Å². The molecule has 8 heteroatoms. The zero-order valence-corrected chi connectivity index (χ0v) is 11.7. The summed E-state index contributed by atoms with van der Waals surface area (Å²) in [6.45, 7) is 1.91. The van der Waals surface area contributed by atoms with Crippen molar-refractivity contribution >= 4 is 40.1 Å². The molecule has 21 heavy (non-hydrogen) atoms. The Balaban J connectivity index is 2.22. The van der Waals surface area contributed by atoms with Gasteiger partial charge in [-0.25, -0.2) is 4.39 Å². The van der Waals surface area contributed by atoms with E-state index in [2.05, 4.69) is 5.16 Å². The van der Waals surface area contributed by atoms with E-state index in [0.717, 1.165) is 17.8 Å². The van der Waals surface area contributed by atoms with Crippen molar-refractivity contribution in [1.29, 1.82) is 0 Å². The summed E-state index contributed by atoms with van der Waals surface area (Å²) in [6.07, 6.45) is 0.907. The Labute approximate surface area is 122 Å². The van der Waals surface area contributed by atoms with Crippen molar-refractivity contribution in [2.24, 2.45) is 0 Å². The zero-order chi connectivity index (χ0) is 15.1. The van der Waals surface area contributed by atoms with Gasteiger partial charge in [-0.15, -0.1) is 0 Å². The van der Waals surface area contributed by atoms with Crippen LogP contribution >= 0.6 is 11.8 Å². The van der Waals surface area contributed by atoms with Crippen molar-refractivity contribution in [1.82, 2.24) is 5.16 Å². The average Bonchev–Trinajstić information content (AvgIpc) is 3.05. The molecule has 1 aromatic heterocycles. The first-order valence-electron chi connectivity index (χ1n) is 6.27. The highest BCUT2D eigenvalue weighted by atomic mass is 32.2. The molecular formula is C13H10F2N2O3S. The summed E-state index contributed by atoms with van der Waals surface area (Å²) in [6, 6.07) is 1.05. The molecule has 1 atom stereocenters. The standard InChI is InChI=1S/C13H10F2N2O3S/c1-2-7-5-21-13(19)17(7)12-8-3-6(4-18)9(14)10(15)11(8)20-16-12/h3-4,7H,2,5H2,1H3/t7-/m0/s1. The smallest absolute Gasteiger partial charge is 0.287 e. The number of fused-ring (bicyclic) bond motifs is 1. The number of hydrogen-bond acceptors (Lipinski definition) is 5. The van der Waals surface area contributed by atoms with Gasteiger partial charge >= 0.3 is 0 Å². The minimum absolute atomic E-state index is 0.0939. The molecule has 0 aliphatic carbocycles. The summed E-state index contributed by atoms with van der Waals surface area (Å²) in [5, 5.41) is 3.59. The summed E-state index contributed by atoms with van der Waals surface area (Å²) in [4.78, 5) is 24.2. The minimum Gasteiger partial charge on any atom is -0.351 e. The number of aromatic nitrogens is 1. The van der Waals surface area contributed by atoms with Crippen LogP contribution in [0.1, 0.15) is 23.7 Å². The molecule has 1 amide bonds. The molecule has 0 unspecified atom stereocenters. The highest BCUT2D eigenvalue weighted by Gasteiger charge is 2.36. The maximum Gasteiger partial charge on any atom is 0.287 e. The van der Waals surface area contributed by atoms with Gasteiger partial charge in [-0.2, -0.15) is 4.39 Å². The van der Waals surface area contributed by atoms with Gasteiger partial charge in [0.05, 0.1) is 10.9 Å². The number of amides is 1. The average molecular weight is 312 g/mol. The first-order chi connectivity index (χ1) is 10.1. The Morgan fingerprint density at radius 2 is 2.29 bits per heavy atom. The molecule has 1 aromatic carbocycles. The predicted octanol–water partition coefficient (Wildman–Crippen LogP) is 3.37. The molecule has 1 aliphatic heterocycles. The topological polar surface area (TPSA) is 63.4 Å². The van der Waals surface area contributed by atoms with Gasteiger partial charge in [0.1, 0.15) is 0 Å². The summed E-state index contributed by atoms with van der Waals surface area (Å²) in [5.74, 6) is -1.85. The van der Waals surface area contributed by atoms with Crippen LogP contribution in [0.3, 0.4) is 0 Å². The van der Waals surface area contributed by atoms with Crippen molar-refractivity contribution < 1.29 is 22.9 Å². The van der Waals surface area contributed by atoms with Gasteiger partial charge in [0.25, 0.3) is 5.24 Å². The number of benzene rings is 1. The van der Waals surface area contributed by atoms with E-state index in [4.69, 9.17) is 4.52 Å². The Hall–Kier alpha value is -1.96. The van der Waals surface area contributed by atoms with Gasteiger partial charge in [-0.3, -0.25) is 14.5 Å². The number of carbonyl (C=O) groups excluding carboxylic acids is 2. The fraction of sp³-hybridized carbons (Fsp3) is 0.308. The first-order valence-corrected chi connectivity index (χ1v) is 7.25. The number of hydrogen-bond donors (Lipinski definition) is 0. The molecule has 2 aromatic rings. The molecule has 0 saturated carbocycles. The second-order valence-corrected chi connectivity index (χ2v) is 5.57. The third-order valence-electron chi connectivity index (χ3n) is 3.44. The third kappa shape index (κ3) is 2.01. The normalized spacial score (nSPS) is 18.7. The Morgan fingerprint density at radius 3 is 2.95 bits per heavy atom. The van der Waals surface area contributed by atoms with Crippen molar-refractivity contribution in [2.75, 3.05) is 10.7 Å². The van der Waals surface area contributed by atoms with Gasteiger partial charge in [0.2, 0.25) is 11.4 Å². The first kappa shape index (κ1) is 14.0. The van der Waals surface area contributed by atoms with Crippen LogP contribution in [0.2, 0.25) is 0 Å². The summed E-state index contributed by atoms with van der Waals surface area (Å²) < 4.78 is 32.2. The molecule has 1 saturated heterocycles. The maximum absolute atomic E-state index is 13.8. The van der Waals surface area contributed by atoms with E-state index < -0.39 is 22.8 Å². The van der Waals surface area contributed by atoms with E-state index in [1.807, 2.05) is 6.92 Å². The fourth-order valence-electron chi connectivity index (χ4n) is 2.30. The number of aldehydes is 1. The van der Waals surface area contributed by atoms with Gasteiger partial charge in [-0.05, 0) is 12.5 Å². The lowest BCUT2D eigenvalue weighted by molar-refractivity contribution is 0.111. The number of nitrogens with zero attached hydrogens (tertiary/aromatic N) is 2. The molecule has 5 nitrogen and oxygen atoms in total. The summed E-state index contributed by atoms with van der Waals surface area (Å²) in [5.41, 5.74) is -0.829. The molecular weight excluding hydrogens is 302 g/mol. The second kappa shape index (κ2) is 5.10. The SMILES string of the molecule is CC[C@H]1CSC(=O)N1c1noc2c(F)c(F)c(C=O)cc12. The number of anilines is 1. The van der Waals surface area contributed by atoms with Crippen LogP contribution < -0.4 is 4.90 Å². The van der Waals surface area contributed by atoms with Crippen LogP contribution in [0.25, 0.3) is 11.0 Å². The molecule has 1 fully saturated rings. The third-order valence-corrected chi connectivity index (χ3v) is 4.44. The molecule has 2 heterocycles. The molecule has 0 spiro atoms. The fourth-order valence-corrected chi connectivity index (χ4v) is 3.40. The lowest BCUT2D eigenvalue weighted by Gasteiger charge is -2.19. The van der Waals surface area contributed by atoms with Crippen LogP contribution in [0.15, 0.2) is 10.6 Å². The molecule has 0 bridgehead atoms. The maximum atomic E-state index is 13.8. The van der Waals surface area contributed by atoms with E-state index in [-0.39, 0.29) is 28.8 Å². The summed E-state index contributed by atoms with van der Waals surface area (Å²) in [7, 11) is 0. The van der Waals surface area contributed by atoms with Crippen LogP contribution in [0.5, 0.6) is 0 Å². The Bertz CT molecular complexity index is 747. The monoisotopic (exact) mass is 312 g/mol. The highest BCUT2D eigenvalue weighted by Crippen LogP contribution is 2.37. The zero-order valence-electron chi connectivity index (χ0n) is 10.9. The summed E-state index contributed by atoms with van der Waals surface area (Å²) >= 11 is 1.13. The van der Waals surface area contributed by atoms with Gasteiger partial charge in [-0.1, -0.05) is 23.8 Å². The largest absolute Gasteiger partial charge is 0.351 e. The molecule has 0 N–H and O–H groups in total. The van der Waals surface area contributed by atoms with Crippen molar-refractivity contribution in [3.05, 3.63) is 23.3 Å². The Kier molecular flexibility index (Phi) is 3.40. The number of carbonyl (C=O) groups is 2. The van der Waals surface area contributed by atoms with Crippen LogP contribution in [0.4, 0.5) is 19.4 Å². The highest BCUT2D eigenvalue weighted by molar-refractivity contribution is 8.14. The van der Waals surface area contributed by atoms with E-state index in [0.29, 0.717) is 12.2 Å². The van der Waals surface area contributed by atoms with E-state index >= 15 is 0 Å². The minimum atomic E-state index is -1.28. The van der Waals surface area contributed by atoms with Crippen LogP contribution in [0, 0.1) is 11.6 Å². The number of halogens is 2. The molecule has 110 valence electrons. The number of thioether (sulfide) groups is 1. The van der Waals surface area contributed by atoms with Gasteiger partial charge in [0, 0.05) is 11.8 Å². The second-order valence-electron chi connectivity index (χ2n) is 4.60. The Morgan fingerprint density at radius 1 is 1.52 bits per heavy atom.